The van der Waals surface area contributed by atoms with Gasteiger partial charge in [0.1, 0.15) is 16.0 Å². The molecule has 184 valence electrons. The molecule has 0 aliphatic carbocycles. The lowest BCUT2D eigenvalue weighted by Gasteiger charge is -2.19. The first kappa shape index (κ1) is 23.7. The van der Waals surface area contributed by atoms with Gasteiger partial charge >= 0.3 is 0 Å². The molecule has 0 unspecified atom stereocenters. The summed E-state index contributed by atoms with van der Waals surface area (Å²) in [6.07, 6.45) is 2.08. The number of hydrogen-bond acceptors (Lipinski definition) is 11. The van der Waals surface area contributed by atoms with E-state index in [0.717, 1.165) is 18.7 Å². The summed E-state index contributed by atoms with van der Waals surface area (Å²) in [5, 5.41) is 39.5. The van der Waals surface area contributed by atoms with Crippen molar-refractivity contribution in [1.29, 1.82) is 0 Å². The number of nitrogen functional groups attached to an aromatic ring is 1. The molecular formula is C21H17Br2N9O4. The van der Waals surface area contributed by atoms with E-state index in [2.05, 4.69) is 74.0 Å². The lowest BCUT2D eigenvalue weighted by atomic mass is 10.2. The number of benzene rings is 2. The highest BCUT2D eigenvalue weighted by atomic mass is 79.9. The number of nitrogens with zero attached hydrogens (tertiary/aromatic N) is 7. The number of phenolic OH excluding ortho intramolecular Hbond substituents is 2. The van der Waals surface area contributed by atoms with Gasteiger partial charge in [0.15, 0.2) is 5.69 Å². The number of rotatable bonds is 6. The minimum Gasteiger partial charge on any atom is -0.506 e. The quantitative estimate of drug-likeness (QED) is 0.185. The van der Waals surface area contributed by atoms with Crippen molar-refractivity contribution in [3.8, 4) is 17.3 Å². The third-order valence-corrected chi connectivity index (χ3v) is 6.92. The average molecular weight is 619 g/mol. The van der Waals surface area contributed by atoms with Gasteiger partial charge in [-0.25, -0.2) is 10.1 Å². The molecule has 0 spiro atoms. The van der Waals surface area contributed by atoms with E-state index in [-0.39, 0.29) is 45.4 Å². The summed E-state index contributed by atoms with van der Waals surface area (Å²) in [5.74, 6) is -0.961. The Morgan fingerprint density at radius 3 is 2.83 bits per heavy atom. The monoisotopic (exact) mass is 617 g/mol. The van der Waals surface area contributed by atoms with Crippen LogP contribution in [0.5, 0.6) is 11.5 Å². The maximum atomic E-state index is 13.0. The molecule has 0 atom stereocenters. The highest BCUT2D eigenvalue weighted by Gasteiger charge is 2.28. The van der Waals surface area contributed by atoms with Gasteiger partial charge in [-0.15, -0.1) is 5.10 Å². The van der Waals surface area contributed by atoms with Gasteiger partial charge < -0.3 is 20.8 Å². The van der Waals surface area contributed by atoms with Crippen LogP contribution in [-0.2, 0) is 13.0 Å². The molecule has 15 heteroatoms. The molecule has 13 nitrogen and oxygen atoms in total. The molecule has 4 aromatic rings. The minimum atomic E-state index is -0.647. The zero-order valence-electron chi connectivity index (χ0n) is 18.3. The molecule has 5 N–H and O–H groups in total. The topological polar surface area (TPSA) is 181 Å². The van der Waals surface area contributed by atoms with E-state index in [1.165, 1.54) is 22.5 Å². The van der Waals surface area contributed by atoms with Crippen LogP contribution in [0.15, 0.2) is 49.0 Å². The van der Waals surface area contributed by atoms with Gasteiger partial charge in [0.2, 0.25) is 11.6 Å². The summed E-state index contributed by atoms with van der Waals surface area (Å²) in [5.41, 5.74) is 11.1. The third-order valence-electron chi connectivity index (χ3n) is 5.57. The summed E-state index contributed by atoms with van der Waals surface area (Å²) in [6, 6.07) is 9.44. The van der Waals surface area contributed by atoms with Crippen LogP contribution in [0.2, 0.25) is 0 Å². The highest BCUT2D eigenvalue weighted by molar-refractivity contribution is 9.11. The number of amides is 1. The second-order valence-electron chi connectivity index (χ2n) is 7.73. The van der Waals surface area contributed by atoms with E-state index in [1.54, 1.807) is 0 Å². The van der Waals surface area contributed by atoms with Crippen LogP contribution >= 0.6 is 31.9 Å². The van der Waals surface area contributed by atoms with Crippen LogP contribution < -0.4 is 16.1 Å². The van der Waals surface area contributed by atoms with Gasteiger partial charge in [0.05, 0.1) is 22.9 Å². The van der Waals surface area contributed by atoms with Gasteiger partial charge in [0.25, 0.3) is 5.91 Å². The van der Waals surface area contributed by atoms with Crippen LogP contribution in [0.3, 0.4) is 0 Å². The van der Waals surface area contributed by atoms with Crippen LogP contribution in [-0.4, -0.2) is 54.2 Å². The lowest BCUT2D eigenvalue weighted by Crippen LogP contribution is -2.26. The van der Waals surface area contributed by atoms with Crippen LogP contribution in [0.1, 0.15) is 27.3 Å². The Morgan fingerprint density at radius 2 is 2.06 bits per heavy atom. The average Bonchev–Trinajstić information content (AvgIpc) is 3.60. The van der Waals surface area contributed by atoms with E-state index in [9.17, 15) is 15.0 Å². The van der Waals surface area contributed by atoms with Crippen molar-refractivity contribution in [3.05, 3.63) is 61.8 Å². The number of hydrazone groups is 1. The predicted octanol–water partition coefficient (Wildman–Crippen LogP) is 2.50. The normalized spacial score (nSPS) is 12.9. The second-order valence-corrected chi connectivity index (χ2v) is 9.38. The number of fused-ring (bicyclic) bond motifs is 1. The highest BCUT2D eigenvalue weighted by Crippen LogP contribution is 2.40. The molecule has 1 amide bonds. The Balaban J connectivity index is 1.44. The number of aromatic nitrogens is 5. The number of nitrogens with one attached hydrogen (secondary N) is 1. The Kier molecular flexibility index (Phi) is 6.32. The van der Waals surface area contributed by atoms with Crippen molar-refractivity contribution in [2.75, 3.05) is 17.2 Å². The fourth-order valence-corrected chi connectivity index (χ4v) is 4.96. The number of aromatic hydroxyl groups is 2. The number of halogens is 2. The Labute approximate surface area is 219 Å². The second kappa shape index (κ2) is 9.58. The van der Waals surface area contributed by atoms with Crippen molar-refractivity contribution in [2.24, 2.45) is 5.10 Å². The SMILES string of the molecule is Nc1nonc1-n1nnc(C(=O)N/N=C\c2cc(Br)c(O)c(Br)c2O)c1CN1CCc2ccccc21. The molecule has 5 rings (SSSR count). The van der Waals surface area contributed by atoms with E-state index >= 15 is 0 Å². The zero-order valence-corrected chi connectivity index (χ0v) is 21.4. The fraction of sp³-hybridized carbons (Fsp3) is 0.143. The molecule has 1 aliphatic heterocycles. The van der Waals surface area contributed by atoms with Gasteiger partial charge in [-0.1, -0.05) is 23.4 Å². The number of anilines is 2. The Morgan fingerprint density at radius 1 is 1.25 bits per heavy atom. The number of carbonyl (C=O) groups excluding carboxylic acids is 1. The van der Waals surface area contributed by atoms with E-state index < -0.39 is 5.91 Å². The van der Waals surface area contributed by atoms with Crippen molar-refractivity contribution in [1.82, 2.24) is 30.7 Å². The largest absolute Gasteiger partial charge is 0.506 e. The summed E-state index contributed by atoms with van der Waals surface area (Å²) < 4.78 is 6.43. The molecule has 2 aromatic carbocycles. The molecule has 0 saturated carbocycles. The van der Waals surface area contributed by atoms with Crippen LogP contribution in [0.4, 0.5) is 11.5 Å². The van der Waals surface area contributed by atoms with E-state index in [4.69, 9.17) is 10.4 Å². The standard InChI is InChI=1S/C21H17Br2N9O4/c22-12-7-11(17(33)15(23)18(12)34)8-25-27-21(35)16-14(32(30-26-16)20-19(24)28-36-29-20)9-31-6-5-10-3-1-2-4-13(10)31/h1-4,7-8,33-34H,5-6,9H2,(H2,24,28)(H,27,35)/b25-8-. The van der Waals surface area contributed by atoms with Gasteiger partial charge in [-0.2, -0.15) is 9.78 Å². The smallest absolute Gasteiger partial charge is 0.293 e. The van der Waals surface area contributed by atoms with Crippen LogP contribution in [0, 0.1) is 0 Å². The molecule has 36 heavy (non-hydrogen) atoms. The number of carbonyl (C=O) groups is 1. The third kappa shape index (κ3) is 4.26. The molecule has 1 aliphatic rings. The maximum Gasteiger partial charge on any atom is 0.293 e. The molecule has 0 fully saturated rings. The number of phenols is 2. The van der Waals surface area contributed by atoms with Crippen LogP contribution in [0.25, 0.3) is 5.82 Å². The van der Waals surface area contributed by atoms with E-state index in [1.807, 2.05) is 18.2 Å². The van der Waals surface area contributed by atoms with Crippen molar-refractivity contribution in [3.63, 3.8) is 0 Å². The first-order valence-electron chi connectivity index (χ1n) is 10.4. The first-order valence-corrected chi connectivity index (χ1v) is 12.0. The van der Waals surface area contributed by atoms with Crippen molar-refractivity contribution in [2.45, 2.75) is 13.0 Å². The summed E-state index contributed by atoms with van der Waals surface area (Å²) in [7, 11) is 0. The lowest BCUT2D eigenvalue weighted by molar-refractivity contribution is 0.0949. The zero-order chi connectivity index (χ0) is 25.4. The van der Waals surface area contributed by atoms with Crippen molar-refractivity contribution >= 4 is 55.5 Å². The molecule has 0 bridgehead atoms. The van der Waals surface area contributed by atoms with E-state index in [0.29, 0.717) is 10.2 Å². The van der Waals surface area contributed by atoms with Gasteiger partial charge in [-0.3, -0.25) is 4.79 Å². The maximum absolute atomic E-state index is 13.0. The number of para-hydroxylation sites is 1. The predicted molar refractivity (Wildman–Crippen MR) is 135 cm³/mol. The summed E-state index contributed by atoms with van der Waals surface area (Å²) in [6.45, 7) is 1.02. The number of nitrogens with two attached hydrogens (primary N) is 1. The first-order chi connectivity index (χ1) is 17.3. The molecule has 3 heterocycles. The molecular weight excluding hydrogens is 602 g/mol. The van der Waals surface area contributed by atoms with Crippen molar-refractivity contribution < 1.29 is 19.6 Å². The molecule has 2 aromatic heterocycles. The Hall–Kier alpha value is -3.98. The van der Waals surface area contributed by atoms with Gasteiger partial charge in [-0.05, 0) is 66.3 Å². The summed E-state index contributed by atoms with van der Waals surface area (Å²) in [4.78, 5) is 15.1. The molecule has 0 saturated heterocycles. The Bertz CT molecular complexity index is 1500. The molecule has 0 radical (unpaired) electrons. The number of hydrogen-bond donors (Lipinski definition) is 4. The minimum absolute atomic E-state index is 0.00350. The van der Waals surface area contributed by atoms with Gasteiger partial charge in [0, 0.05) is 17.8 Å². The summed E-state index contributed by atoms with van der Waals surface area (Å²) >= 11 is 6.28. The fourth-order valence-electron chi connectivity index (χ4n) is 3.81.